The average molecular weight is 379 g/mol. The van der Waals surface area contributed by atoms with E-state index in [1.54, 1.807) is 0 Å². The van der Waals surface area contributed by atoms with Crippen molar-refractivity contribution in [1.29, 1.82) is 0 Å². The first-order valence-corrected chi connectivity index (χ1v) is 6.97. The summed E-state index contributed by atoms with van der Waals surface area (Å²) in [6.07, 6.45) is 0. The molecule has 2 aromatic rings. The van der Waals surface area contributed by atoms with Crippen LogP contribution in [0.5, 0.6) is 0 Å². The second-order valence-electron chi connectivity index (χ2n) is 3.60. The number of anilines is 1. The normalized spacial score (nSPS) is 10.6. The van der Waals surface area contributed by atoms with Crippen molar-refractivity contribution in [3.05, 3.63) is 49.8 Å². The van der Waals surface area contributed by atoms with Gasteiger partial charge in [-0.05, 0) is 62.5 Å². The summed E-state index contributed by atoms with van der Waals surface area (Å²) in [4.78, 5) is 0. The third-order valence-corrected chi connectivity index (χ3v) is 4.54. The van der Waals surface area contributed by atoms with Crippen molar-refractivity contribution in [3.63, 3.8) is 0 Å². The zero-order chi connectivity index (χ0) is 12.4. The van der Waals surface area contributed by atoms with Crippen molar-refractivity contribution in [2.75, 3.05) is 5.32 Å². The summed E-state index contributed by atoms with van der Waals surface area (Å²) in [6, 6.07) is 7.72. The highest BCUT2D eigenvalue weighted by Gasteiger charge is 2.07. The third-order valence-electron chi connectivity index (χ3n) is 2.42. The maximum absolute atomic E-state index is 6.05. The van der Waals surface area contributed by atoms with E-state index in [4.69, 9.17) is 16.0 Å². The van der Waals surface area contributed by atoms with E-state index in [2.05, 4.69) is 37.2 Å². The van der Waals surface area contributed by atoms with Crippen molar-refractivity contribution in [2.45, 2.75) is 13.5 Å². The molecule has 1 aromatic heterocycles. The molecule has 17 heavy (non-hydrogen) atoms. The second-order valence-corrected chi connectivity index (χ2v) is 5.58. The first kappa shape index (κ1) is 13.0. The van der Waals surface area contributed by atoms with Crippen LogP contribution in [0.1, 0.15) is 11.3 Å². The molecule has 90 valence electrons. The predicted molar refractivity (Wildman–Crippen MR) is 77.6 cm³/mol. The fourth-order valence-corrected chi connectivity index (χ4v) is 2.29. The van der Waals surface area contributed by atoms with Crippen LogP contribution in [-0.2, 0) is 6.54 Å². The minimum atomic E-state index is 0.616. The standard InChI is InChI=1S/C12H10Br2ClNO/c1-7-10(15)3-2-4-11(7)16-6-8-5-9(13)12(14)17-8/h2-5,16H,6H2,1H3. The van der Waals surface area contributed by atoms with Gasteiger partial charge in [0.1, 0.15) is 5.76 Å². The Kier molecular flexibility index (Phi) is 4.17. The van der Waals surface area contributed by atoms with Gasteiger partial charge in [-0.25, -0.2) is 0 Å². The molecule has 0 radical (unpaired) electrons. The number of rotatable bonds is 3. The Bertz CT molecular complexity index is 520. The lowest BCUT2D eigenvalue weighted by Crippen LogP contribution is -1.99. The molecule has 0 saturated carbocycles. The molecule has 0 aliphatic carbocycles. The fraction of sp³-hybridized carbons (Fsp3) is 0.167. The first-order chi connectivity index (χ1) is 8.08. The molecule has 0 atom stereocenters. The molecule has 2 rings (SSSR count). The topological polar surface area (TPSA) is 25.2 Å². The molecule has 0 aliphatic rings. The van der Waals surface area contributed by atoms with Crippen molar-refractivity contribution in [2.24, 2.45) is 0 Å². The summed E-state index contributed by atoms with van der Waals surface area (Å²) < 4.78 is 7.10. The van der Waals surface area contributed by atoms with Crippen LogP contribution in [0.25, 0.3) is 0 Å². The van der Waals surface area contributed by atoms with Crippen LogP contribution >= 0.6 is 43.5 Å². The average Bonchev–Trinajstić information content (AvgIpc) is 2.61. The third kappa shape index (κ3) is 3.06. The van der Waals surface area contributed by atoms with E-state index in [-0.39, 0.29) is 0 Å². The van der Waals surface area contributed by atoms with Crippen LogP contribution in [0, 0.1) is 6.92 Å². The van der Waals surface area contributed by atoms with Crippen molar-refractivity contribution in [1.82, 2.24) is 0 Å². The molecule has 1 heterocycles. The van der Waals surface area contributed by atoms with E-state index in [9.17, 15) is 0 Å². The van der Waals surface area contributed by atoms with E-state index in [0.29, 0.717) is 11.2 Å². The molecular weight excluding hydrogens is 369 g/mol. The number of halogens is 3. The Morgan fingerprint density at radius 1 is 1.35 bits per heavy atom. The van der Waals surface area contributed by atoms with Crippen LogP contribution in [0.15, 0.2) is 37.8 Å². The number of hydrogen-bond acceptors (Lipinski definition) is 2. The van der Waals surface area contributed by atoms with Crippen LogP contribution in [-0.4, -0.2) is 0 Å². The smallest absolute Gasteiger partial charge is 0.183 e. The van der Waals surface area contributed by atoms with Crippen molar-refractivity contribution < 1.29 is 4.42 Å². The van der Waals surface area contributed by atoms with Gasteiger partial charge < -0.3 is 9.73 Å². The van der Waals surface area contributed by atoms with Crippen molar-refractivity contribution >= 4 is 49.1 Å². The van der Waals surface area contributed by atoms with Gasteiger partial charge in [0.2, 0.25) is 0 Å². The monoisotopic (exact) mass is 377 g/mol. The summed E-state index contributed by atoms with van der Waals surface area (Å²) in [7, 11) is 0. The first-order valence-electron chi connectivity index (χ1n) is 5.00. The van der Waals surface area contributed by atoms with Gasteiger partial charge in [0.25, 0.3) is 0 Å². The Balaban J connectivity index is 2.10. The molecule has 0 bridgehead atoms. The van der Waals surface area contributed by atoms with Crippen LogP contribution in [0.2, 0.25) is 5.02 Å². The van der Waals surface area contributed by atoms with Crippen LogP contribution in [0.4, 0.5) is 5.69 Å². The molecule has 0 aliphatic heterocycles. The van der Waals surface area contributed by atoms with E-state index in [1.165, 1.54) is 0 Å². The lowest BCUT2D eigenvalue weighted by atomic mass is 10.2. The van der Waals surface area contributed by atoms with Gasteiger partial charge in [0.05, 0.1) is 11.0 Å². The number of nitrogens with one attached hydrogen (secondary N) is 1. The fourth-order valence-electron chi connectivity index (χ4n) is 1.46. The maximum atomic E-state index is 6.05. The molecule has 2 nitrogen and oxygen atoms in total. The second kappa shape index (κ2) is 5.46. The summed E-state index contributed by atoms with van der Waals surface area (Å²) in [5.41, 5.74) is 2.06. The minimum Gasteiger partial charge on any atom is -0.451 e. The summed E-state index contributed by atoms with van der Waals surface area (Å²) in [5.74, 6) is 0.850. The van der Waals surface area contributed by atoms with Crippen LogP contribution < -0.4 is 5.32 Å². The van der Waals surface area contributed by atoms with Crippen molar-refractivity contribution in [3.8, 4) is 0 Å². The molecule has 0 spiro atoms. The Hall–Kier alpha value is -0.450. The summed E-state index contributed by atoms with van der Waals surface area (Å²) in [6.45, 7) is 2.60. The molecule has 5 heteroatoms. The van der Waals surface area contributed by atoms with Gasteiger partial charge in [0, 0.05) is 10.7 Å². The molecule has 0 saturated heterocycles. The number of furan rings is 1. The molecule has 1 N–H and O–H groups in total. The highest BCUT2D eigenvalue weighted by atomic mass is 79.9. The van der Waals surface area contributed by atoms with E-state index in [0.717, 1.165) is 26.5 Å². The van der Waals surface area contributed by atoms with E-state index < -0.39 is 0 Å². The largest absolute Gasteiger partial charge is 0.451 e. The SMILES string of the molecule is Cc1c(Cl)cccc1NCc1cc(Br)c(Br)o1. The molecular formula is C12H10Br2ClNO. The zero-order valence-electron chi connectivity index (χ0n) is 9.06. The molecule has 1 aromatic carbocycles. The molecule has 0 amide bonds. The highest BCUT2D eigenvalue weighted by Crippen LogP contribution is 2.28. The summed E-state index contributed by atoms with van der Waals surface area (Å²) in [5, 5.41) is 4.05. The Labute approximate surface area is 122 Å². The Morgan fingerprint density at radius 3 is 2.76 bits per heavy atom. The Morgan fingerprint density at radius 2 is 2.12 bits per heavy atom. The summed E-state index contributed by atoms with van der Waals surface area (Å²) >= 11 is 12.7. The van der Waals surface area contributed by atoms with Gasteiger partial charge in [0.15, 0.2) is 4.67 Å². The number of benzene rings is 1. The van der Waals surface area contributed by atoms with E-state index >= 15 is 0 Å². The van der Waals surface area contributed by atoms with Crippen LogP contribution in [0.3, 0.4) is 0 Å². The molecule has 0 unspecified atom stereocenters. The minimum absolute atomic E-state index is 0.616. The lowest BCUT2D eigenvalue weighted by molar-refractivity contribution is 0.494. The molecule has 0 fully saturated rings. The van der Waals surface area contributed by atoms with E-state index in [1.807, 2.05) is 31.2 Å². The number of hydrogen-bond donors (Lipinski definition) is 1. The van der Waals surface area contributed by atoms with Gasteiger partial charge in [-0.15, -0.1) is 0 Å². The van der Waals surface area contributed by atoms with Gasteiger partial charge >= 0.3 is 0 Å². The van der Waals surface area contributed by atoms with Gasteiger partial charge in [-0.3, -0.25) is 0 Å². The van der Waals surface area contributed by atoms with Gasteiger partial charge in [-0.2, -0.15) is 0 Å². The predicted octanol–water partition coefficient (Wildman–Crippen LogP) is 5.38. The highest BCUT2D eigenvalue weighted by molar-refractivity contribution is 9.13. The lowest BCUT2D eigenvalue weighted by Gasteiger charge is -2.08. The zero-order valence-corrected chi connectivity index (χ0v) is 13.0. The maximum Gasteiger partial charge on any atom is 0.183 e. The van der Waals surface area contributed by atoms with Gasteiger partial charge in [-0.1, -0.05) is 17.7 Å². The quantitative estimate of drug-likeness (QED) is 0.775.